The van der Waals surface area contributed by atoms with Crippen LogP contribution in [0.5, 0.6) is 0 Å². The van der Waals surface area contributed by atoms with Gasteiger partial charge < -0.3 is 9.47 Å². The standard InChI is InChI=1S/C9H13NO3/c1-4-8(12-3)6-13-9(11)7(2)5-10/h8H,2,4,6H2,1,3H3. The molecule has 0 saturated heterocycles. The van der Waals surface area contributed by atoms with E-state index in [0.29, 0.717) is 0 Å². The molecule has 0 N–H and O–H groups in total. The molecule has 0 aliphatic carbocycles. The predicted molar refractivity (Wildman–Crippen MR) is 46.8 cm³/mol. The van der Waals surface area contributed by atoms with Gasteiger partial charge in [0.25, 0.3) is 0 Å². The van der Waals surface area contributed by atoms with Crippen molar-refractivity contribution in [3.8, 4) is 6.07 Å². The molecule has 72 valence electrons. The van der Waals surface area contributed by atoms with Gasteiger partial charge in [0, 0.05) is 7.11 Å². The first-order valence-corrected chi connectivity index (χ1v) is 3.94. The minimum atomic E-state index is -0.682. The maximum Gasteiger partial charge on any atom is 0.348 e. The van der Waals surface area contributed by atoms with Crippen molar-refractivity contribution in [3.63, 3.8) is 0 Å². The molecule has 0 aliphatic heterocycles. The van der Waals surface area contributed by atoms with Gasteiger partial charge in [0.2, 0.25) is 0 Å². The number of carbonyl (C=O) groups excluding carboxylic acids is 1. The Morgan fingerprint density at radius 2 is 2.31 bits per heavy atom. The molecular weight excluding hydrogens is 170 g/mol. The maximum absolute atomic E-state index is 10.9. The van der Waals surface area contributed by atoms with E-state index in [1.54, 1.807) is 13.2 Å². The van der Waals surface area contributed by atoms with Gasteiger partial charge in [0.15, 0.2) is 0 Å². The van der Waals surface area contributed by atoms with E-state index in [2.05, 4.69) is 6.58 Å². The number of carbonyl (C=O) groups is 1. The van der Waals surface area contributed by atoms with Crippen LogP contribution in [-0.4, -0.2) is 25.8 Å². The molecule has 0 radical (unpaired) electrons. The summed E-state index contributed by atoms with van der Waals surface area (Å²) in [5.74, 6) is -0.682. The highest BCUT2D eigenvalue weighted by molar-refractivity contribution is 5.91. The van der Waals surface area contributed by atoms with Crippen LogP contribution in [0.15, 0.2) is 12.2 Å². The van der Waals surface area contributed by atoms with E-state index >= 15 is 0 Å². The molecule has 0 amide bonds. The fourth-order valence-corrected chi connectivity index (χ4v) is 0.654. The van der Waals surface area contributed by atoms with Crippen LogP contribution >= 0.6 is 0 Å². The number of nitriles is 1. The van der Waals surface area contributed by atoms with Crippen molar-refractivity contribution in [1.82, 2.24) is 0 Å². The van der Waals surface area contributed by atoms with E-state index in [1.807, 2.05) is 6.92 Å². The number of hydrogen-bond acceptors (Lipinski definition) is 4. The van der Waals surface area contributed by atoms with Crippen molar-refractivity contribution < 1.29 is 14.3 Å². The molecule has 0 spiro atoms. The van der Waals surface area contributed by atoms with Gasteiger partial charge in [-0.05, 0) is 6.42 Å². The van der Waals surface area contributed by atoms with Crippen molar-refractivity contribution in [3.05, 3.63) is 12.2 Å². The van der Waals surface area contributed by atoms with Gasteiger partial charge in [0.05, 0.1) is 6.10 Å². The first kappa shape index (κ1) is 11.7. The number of esters is 1. The summed E-state index contributed by atoms with van der Waals surface area (Å²) in [5.41, 5.74) is -0.189. The summed E-state index contributed by atoms with van der Waals surface area (Å²) >= 11 is 0. The summed E-state index contributed by atoms with van der Waals surface area (Å²) in [5, 5.41) is 8.30. The predicted octanol–water partition coefficient (Wildman–Crippen LogP) is 1.03. The van der Waals surface area contributed by atoms with Gasteiger partial charge in [-0.15, -0.1) is 0 Å². The molecular formula is C9H13NO3. The number of nitrogens with zero attached hydrogens (tertiary/aromatic N) is 1. The molecule has 1 atom stereocenters. The molecule has 0 fully saturated rings. The molecule has 13 heavy (non-hydrogen) atoms. The molecule has 0 aromatic rings. The Morgan fingerprint density at radius 1 is 1.69 bits per heavy atom. The van der Waals surface area contributed by atoms with Crippen LogP contribution < -0.4 is 0 Å². The average molecular weight is 183 g/mol. The highest BCUT2D eigenvalue weighted by atomic mass is 16.6. The third kappa shape index (κ3) is 4.28. The Morgan fingerprint density at radius 3 is 2.69 bits per heavy atom. The van der Waals surface area contributed by atoms with Gasteiger partial charge in [-0.3, -0.25) is 0 Å². The highest BCUT2D eigenvalue weighted by Crippen LogP contribution is 1.99. The van der Waals surface area contributed by atoms with Crippen molar-refractivity contribution in [2.45, 2.75) is 19.4 Å². The molecule has 0 bridgehead atoms. The first-order valence-electron chi connectivity index (χ1n) is 3.94. The number of rotatable bonds is 5. The van der Waals surface area contributed by atoms with E-state index < -0.39 is 5.97 Å². The SMILES string of the molecule is C=C(C#N)C(=O)OCC(CC)OC. The summed E-state index contributed by atoms with van der Waals surface area (Å²) in [4.78, 5) is 10.9. The molecule has 0 rings (SSSR count). The van der Waals surface area contributed by atoms with E-state index in [-0.39, 0.29) is 18.3 Å². The minimum absolute atomic E-state index is 0.115. The molecule has 1 unspecified atom stereocenters. The minimum Gasteiger partial charge on any atom is -0.459 e. The van der Waals surface area contributed by atoms with E-state index in [0.717, 1.165) is 6.42 Å². The lowest BCUT2D eigenvalue weighted by molar-refractivity contribution is -0.142. The van der Waals surface area contributed by atoms with Gasteiger partial charge >= 0.3 is 5.97 Å². The molecule has 4 nitrogen and oxygen atoms in total. The molecule has 0 saturated carbocycles. The lowest BCUT2D eigenvalue weighted by Gasteiger charge is -2.12. The second-order valence-corrected chi connectivity index (χ2v) is 2.45. The van der Waals surface area contributed by atoms with Crippen molar-refractivity contribution in [2.24, 2.45) is 0 Å². The van der Waals surface area contributed by atoms with Gasteiger partial charge in [-0.1, -0.05) is 13.5 Å². The molecule has 0 aromatic heterocycles. The smallest absolute Gasteiger partial charge is 0.348 e. The quantitative estimate of drug-likeness (QED) is 0.363. The van der Waals surface area contributed by atoms with E-state index in [1.165, 1.54) is 0 Å². The van der Waals surface area contributed by atoms with Crippen LogP contribution in [0.1, 0.15) is 13.3 Å². The summed E-state index contributed by atoms with van der Waals surface area (Å²) in [6, 6.07) is 1.61. The Balaban J connectivity index is 3.83. The van der Waals surface area contributed by atoms with Gasteiger partial charge in [0.1, 0.15) is 18.2 Å². The molecule has 4 heteroatoms. The second-order valence-electron chi connectivity index (χ2n) is 2.45. The largest absolute Gasteiger partial charge is 0.459 e. The van der Waals surface area contributed by atoms with Gasteiger partial charge in [-0.25, -0.2) is 4.79 Å². The number of ether oxygens (including phenoxy) is 2. The zero-order valence-corrected chi connectivity index (χ0v) is 7.87. The van der Waals surface area contributed by atoms with Crippen LogP contribution in [0.4, 0.5) is 0 Å². The highest BCUT2D eigenvalue weighted by Gasteiger charge is 2.11. The van der Waals surface area contributed by atoms with Crippen LogP contribution in [-0.2, 0) is 14.3 Å². The lowest BCUT2D eigenvalue weighted by Crippen LogP contribution is -2.20. The lowest BCUT2D eigenvalue weighted by atomic mass is 10.3. The third-order valence-corrected chi connectivity index (χ3v) is 1.57. The van der Waals surface area contributed by atoms with Gasteiger partial charge in [-0.2, -0.15) is 5.26 Å². The van der Waals surface area contributed by atoms with Crippen molar-refractivity contribution in [2.75, 3.05) is 13.7 Å². The van der Waals surface area contributed by atoms with Crippen LogP contribution in [0, 0.1) is 11.3 Å². The normalized spacial score (nSPS) is 11.5. The topological polar surface area (TPSA) is 59.3 Å². The summed E-state index contributed by atoms with van der Waals surface area (Å²) in [7, 11) is 1.54. The van der Waals surface area contributed by atoms with Crippen molar-refractivity contribution in [1.29, 1.82) is 5.26 Å². The molecule has 0 aromatic carbocycles. The Labute approximate surface area is 77.8 Å². The molecule has 0 heterocycles. The fraction of sp³-hybridized carbons (Fsp3) is 0.556. The first-order chi connectivity index (χ1) is 6.15. The number of methoxy groups -OCH3 is 1. The zero-order valence-electron chi connectivity index (χ0n) is 7.87. The average Bonchev–Trinajstić information content (AvgIpc) is 2.17. The Kier molecular flexibility index (Phi) is 5.57. The summed E-state index contributed by atoms with van der Waals surface area (Å²) < 4.78 is 9.73. The summed E-state index contributed by atoms with van der Waals surface area (Å²) in [6.45, 7) is 5.30. The van der Waals surface area contributed by atoms with E-state index in [4.69, 9.17) is 14.7 Å². The Hall–Kier alpha value is -1.34. The molecule has 0 aliphatic rings. The second kappa shape index (κ2) is 6.21. The van der Waals surface area contributed by atoms with Crippen LogP contribution in [0.2, 0.25) is 0 Å². The zero-order chi connectivity index (χ0) is 10.3. The summed E-state index contributed by atoms with van der Waals surface area (Å²) in [6.07, 6.45) is 0.637. The van der Waals surface area contributed by atoms with Crippen LogP contribution in [0.3, 0.4) is 0 Å². The van der Waals surface area contributed by atoms with Crippen LogP contribution in [0.25, 0.3) is 0 Å². The third-order valence-electron chi connectivity index (χ3n) is 1.57. The number of hydrogen-bond donors (Lipinski definition) is 0. The monoisotopic (exact) mass is 183 g/mol. The van der Waals surface area contributed by atoms with Crippen molar-refractivity contribution >= 4 is 5.97 Å². The maximum atomic E-state index is 10.9. The fourth-order valence-electron chi connectivity index (χ4n) is 0.654. The Bertz CT molecular complexity index is 226. The van der Waals surface area contributed by atoms with E-state index in [9.17, 15) is 4.79 Å².